The van der Waals surface area contributed by atoms with E-state index in [9.17, 15) is 23.8 Å². The predicted octanol–water partition coefficient (Wildman–Crippen LogP) is -3.05. The molecule has 0 bridgehead atoms. The Balaban J connectivity index is 1.79. The van der Waals surface area contributed by atoms with Crippen LogP contribution in [0.5, 0.6) is 0 Å². The number of anilines is 1. The lowest BCUT2D eigenvalue weighted by Crippen LogP contribution is -2.45. The van der Waals surface area contributed by atoms with Gasteiger partial charge < -0.3 is 42.4 Å². The molecule has 1 aliphatic rings. The van der Waals surface area contributed by atoms with Crippen molar-refractivity contribution >= 4 is 36.0 Å². The fourth-order valence-corrected chi connectivity index (χ4v) is 3.08. The van der Waals surface area contributed by atoms with Gasteiger partial charge in [0.05, 0.1) is 24.9 Å². The van der Waals surface area contributed by atoms with E-state index < -0.39 is 37.3 Å². The van der Waals surface area contributed by atoms with Crippen molar-refractivity contribution in [2.75, 3.05) is 38.0 Å². The Kier molecular flexibility index (Phi) is 9.33. The first-order valence-electron chi connectivity index (χ1n) is 9.89. The van der Waals surface area contributed by atoms with Gasteiger partial charge in [0.25, 0.3) is 0 Å². The summed E-state index contributed by atoms with van der Waals surface area (Å²) < 4.78 is 19.1. The van der Waals surface area contributed by atoms with Crippen LogP contribution in [-0.2, 0) is 25.6 Å². The molecule has 13 heteroatoms. The number of carbonyl (C=O) groups excluding carboxylic acids is 3. The van der Waals surface area contributed by atoms with Gasteiger partial charge >= 0.3 is 7.12 Å². The Hall–Kier alpha value is -2.58. The molecular weight excluding hydrogens is 410 g/mol. The lowest BCUT2D eigenvalue weighted by molar-refractivity contribution is -0.131. The number of fused-ring (bicyclic) bond motifs is 1. The Labute approximate surface area is 179 Å². The van der Waals surface area contributed by atoms with Crippen LogP contribution in [0.4, 0.5) is 10.1 Å². The summed E-state index contributed by atoms with van der Waals surface area (Å²) in [6, 6.07) is 1.46. The Morgan fingerprint density at radius 1 is 1.26 bits per heavy atom. The number of rotatable bonds is 11. The number of hydrogen-bond acceptors (Lipinski definition) is 8. The molecule has 170 valence electrons. The molecule has 1 unspecified atom stereocenters. The minimum atomic E-state index is -1.19. The van der Waals surface area contributed by atoms with Gasteiger partial charge in [-0.25, -0.2) is 4.39 Å². The summed E-state index contributed by atoms with van der Waals surface area (Å²) in [5.41, 5.74) is 17.5. The van der Waals surface area contributed by atoms with Crippen LogP contribution in [0.2, 0.25) is 0 Å². The summed E-state index contributed by atoms with van der Waals surface area (Å²) in [5, 5.41) is 14.3. The molecule has 0 saturated heterocycles. The SMILES string of the molecule is NCCN(CCN)C(=O)CCC(N)C(=O)NCC(=O)Nc1cc2c(cc1F)B(O)OC2. The fourth-order valence-electron chi connectivity index (χ4n) is 3.08. The second-order valence-corrected chi connectivity index (χ2v) is 7.06. The van der Waals surface area contributed by atoms with Gasteiger partial charge in [-0.05, 0) is 29.6 Å². The molecule has 0 radical (unpaired) electrons. The Morgan fingerprint density at radius 2 is 1.94 bits per heavy atom. The van der Waals surface area contributed by atoms with E-state index in [4.69, 9.17) is 21.9 Å². The summed E-state index contributed by atoms with van der Waals surface area (Å²) in [6.45, 7) is 0.988. The highest BCUT2D eigenvalue weighted by Gasteiger charge is 2.29. The number of nitrogens with one attached hydrogen (secondary N) is 2. The van der Waals surface area contributed by atoms with Crippen LogP contribution in [0.25, 0.3) is 0 Å². The molecule has 11 nitrogen and oxygen atoms in total. The molecule has 1 aromatic rings. The fraction of sp³-hybridized carbons (Fsp3) is 0.500. The van der Waals surface area contributed by atoms with Crippen LogP contribution >= 0.6 is 0 Å². The summed E-state index contributed by atoms with van der Waals surface area (Å²) >= 11 is 0. The summed E-state index contributed by atoms with van der Waals surface area (Å²) in [7, 11) is -1.19. The lowest BCUT2D eigenvalue weighted by atomic mass is 9.79. The number of amides is 3. The van der Waals surface area contributed by atoms with E-state index >= 15 is 0 Å². The van der Waals surface area contributed by atoms with Crippen molar-refractivity contribution in [3.63, 3.8) is 0 Å². The summed E-state index contributed by atoms with van der Waals surface area (Å²) in [5.74, 6) is -2.22. The zero-order chi connectivity index (χ0) is 23.0. The zero-order valence-corrected chi connectivity index (χ0v) is 17.1. The van der Waals surface area contributed by atoms with Gasteiger partial charge in [-0.2, -0.15) is 0 Å². The third-order valence-corrected chi connectivity index (χ3v) is 4.75. The number of carbonyl (C=O) groups is 3. The van der Waals surface area contributed by atoms with E-state index in [1.165, 1.54) is 11.0 Å². The molecule has 1 aromatic carbocycles. The standard InChI is InChI=1S/C18H28BFN6O5/c20-13-8-12-11(10-31-19(12)30)7-15(13)25-16(27)9-24-18(29)14(23)1-2-17(28)26(5-3-21)6-4-22/h7-8,14,30H,1-6,9-10,21-23H2,(H,24,29)(H,25,27). The third-order valence-electron chi connectivity index (χ3n) is 4.75. The first kappa shape index (κ1) is 24.7. The monoisotopic (exact) mass is 438 g/mol. The van der Waals surface area contributed by atoms with E-state index in [-0.39, 0.29) is 31.0 Å². The predicted molar refractivity (Wildman–Crippen MR) is 112 cm³/mol. The van der Waals surface area contributed by atoms with Gasteiger partial charge in [0.1, 0.15) is 5.82 Å². The number of nitrogens with zero attached hydrogens (tertiary/aromatic N) is 1. The van der Waals surface area contributed by atoms with E-state index in [2.05, 4.69) is 10.6 Å². The summed E-state index contributed by atoms with van der Waals surface area (Å²) in [6.07, 6.45) is 0.120. The number of benzene rings is 1. The van der Waals surface area contributed by atoms with E-state index in [1.807, 2.05) is 0 Å². The second-order valence-electron chi connectivity index (χ2n) is 7.06. The number of nitrogens with two attached hydrogens (primary N) is 3. The van der Waals surface area contributed by atoms with Crippen molar-refractivity contribution in [2.24, 2.45) is 17.2 Å². The average molecular weight is 438 g/mol. The van der Waals surface area contributed by atoms with Crippen LogP contribution in [0, 0.1) is 5.82 Å². The van der Waals surface area contributed by atoms with Crippen molar-refractivity contribution in [3.05, 3.63) is 23.5 Å². The molecular formula is C18H28BFN6O5. The van der Waals surface area contributed by atoms with Gasteiger partial charge in [-0.15, -0.1) is 0 Å². The van der Waals surface area contributed by atoms with Crippen LogP contribution in [-0.4, -0.2) is 73.5 Å². The van der Waals surface area contributed by atoms with Crippen molar-refractivity contribution in [3.8, 4) is 0 Å². The maximum absolute atomic E-state index is 14.1. The second kappa shape index (κ2) is 11.7. The minimum Gasteiger partial charge on any atom is -0.423 e. The zero-order valence-electron chi connectivity index (χ0n) is 17.1. The van der Waals surface area contributed by atoms with E-state index in [1.54, 1.807) is 0 Å². The molecule has 3 amide bonds. The molecule has 0 aliphatic carbocycles. The van der Waals surface area contributed by atoms with Crippen LogP contribution in [0.3, 0.4) is 0 Å². The molecule has 1 aliphatic heterocycles. The largest absolute Gasteiger partial charge is 0.491 e. The van der Waals surface area contributed by atoms with Crippen LogP contribution in [0.15, 0.2) is 12.1 Å². The maximum Gasteiger partial charge on any atom is 0.491 e. The Bertz CT molecular complexity index is 808. The molecule has 0 spiro atoms. The third kappa shape index (κ3) is 6.97. The molecule has 1 heterocycles. The number of halogens is 1. The topological polar surface area (TPSA) is 186 Å². The van der Waals surface area contributed by atoms with Gasteiger partial charge in [0.2, 0.25) is 17.7 Å². The molecule has 0 saturated carbocycles. The Morgan fingerprint density at radius 3 is 2.58 bits per heavy atom. The van der Waals surface area contributed by atoms with E-state index in [0.29, 0.717) is 37.2 Å². The van der Waals surface area contributed by atoms with Crippen LogP contribution in [0.1, 0.15) is 18.4 Å². The highest BCUT2D eigenvalue weighted by molar-refractivity contribution is 6.61. The maximum atomic E-state index is 14.1. The van der Waals surface area contributed by atoms with Crippen molar-refractivity contribution in [1.82, 2.24) is 10.2 Å². The molecule has 2 rings (SSSR count). The van der Waals surface area contributed by atoms with Crippen molar-refractivity contribution in [1.29, 1.82) is 0 Å². The highest BCUT2D eigenvalue weighted by Crippen LogP contribution is 2.19. The first-order valence-corrected chi connectivity index (χ1v) is 9.89. The normalized spacial score (nSPS) is 13.5. The van der Waals surface area contributed by atoms with Gasteiger partial charge in [0.15, 0.2) is 0 Å². The highest BCUT2D eigenvalue weighted by atomic mass is 19.1. The number of hydrogen-bond donors (Lipinski definition) is 6. The van der Waals surface area contributed by atoms with E-state index in [0.717, 1.165) is 6.07 Å². The molecule has 31 heavy (non-hydrogen) atoms. The van der Waals surface area contributed by atoms with Crippen molar-refractivity contribution < 1.29 is 28.5 Å². The average Bonchev–Trinajstić information content (AvgIpc) is 3.09. The smallest absolute Gasteiger partial charge is 0.423 e. The lowest BCUT2D eigenvalue weighted by Gasteiger charge is -2.22. The minimum absolute atomic E-state index is 0.0367. The molecule has 0 fully saturated rings. The quantitative estimate of drug-likeness (QED) is 0.197. The van der Waals surface area contributed by atoms with Crippen LogP contribution < -0.4 is 33.3 Å². The molecule has 1 atom stereocenters. The summed E-state index contributed by atoms with van der Waals surface area (Å²) in [4.78, 5) is 37.8. The molecule has 0 aromatic heterocycles. The first-order chi connectivity index (χ1) is 14.8. The van der Waals surface area contributed by atoms with Gasteiger partial charge in [0, 0.05) is 32.6 Å². The molecule has 9 N–H and O–H groups in total. The van der Waals surface area contributed by atoms with Gasteiger partial charge in [-0.3, -0.25) is 14.4 Å². The van der Waals surface area contributed by atoms with Crippen molar-refractivity contribution in [2.45, 2.75) is 25.5 Å². The van der Waals surface area contributed by atoms with Gasteiger partial charge in [-0.1, -0.05) is 0 Å².